The van der Waals surface area contributed by atoms with E-state index in [4.69, 9.17) is 5.73 Å². The van der Waals surface area contributed by atoms with Crippen molar-refractivity contribution in [1.82, 2.24) is 9.62 Å². The van der Waals surface area contributed by atoms with Crippen molar-refractivity contribution in [3.63, 3.8) is 0 Å². The minimum atomic E-state index is -3.78. The van der Waals surface area contributed by atoms with Crippen LogP contribution in [0.3, 0.4) is 0 Å². The fourth-order valence-corrected chi connectivity index (χ4v) is 4.40. The molecule has 1 fully saturated rings. The Labute approximate surface area is 144 Å². The lowest BCUT2D eigenvalue weighted by molar-refractivity contribution is -0.120. The summed E-state index contributed by atoms with van der Waals surface area (Å²) in [7, 11) is -3.78. The molecule has 1 heterocycles. The minimum Gasteiger partial charge on any atom is -0.368 e. The van der Waals surface area contributed by atoms with Crippen LogP contribution in [0.1, 0.15) is 38.7 Å². The lowest BCUT2D eigenvalue weighted by Crippen LogP contribution is -2.55. The van der Waals surface area contributed by atoms with Crippen molar-refractivity contribution in [2.75, 3.05) is 6.54 Å². The zero-order chi connectivity index (χ0) is 17.9. The fourth-order valence-electron chi connectivity index (χ4n) is 3.20. The molecule has 0 aromatic heterocycles. The molecule has 24 heavy (non-hydrogen) atoms. The largest absolute Gasteiger partial charge is 0.368 e. The highest BCUT2D eigenvalue weighted by Gasteiger charge is 2.31. The van der Waals surface area contributed by atoms with E-state index in [0.717, 1.165) is 24.8 Å². The second kappa shape index (κ2) is 7.63. The van der Waals surface area contributed by atoms with Gasteiger partial charge in [0, 0.05) is 18.6 Å². The molecule has 0 bridgehead atoms. The number of nitrogens with two attached hydrogens (primary N) is 1. The molecule has 6 nitrogen and oxygen atoms in total. The Morgan fingerprint density at radius 1 is 1.25 bits per heavy atom. The average Bonchev–Trinajstić information content (AvgIpc) is 2.50. The molecule has 1 saturated heterocycles. The van der Waals surface area contributed by atoms with Crippen LogP contribution in [-0.4, -0.2) is 43.9 Å². The summed E-state index contributed by atoms with van der Waals surface area (Å²) >= 11 is 0. The normalized spacial score (nSPS) is 23.8. The van der Waals surface area contributed by atoms with Crippen LogP contribution >= 0.6 is 0 Å². The number of primary amides is 1. The zero-order valence-corrected chi connectivity index (χ0v) is 15.3. The number of piperidine rings is 1. The second-order valence-electron chi connectivity index (χ2n) is 6.72. The number of hydrogen-bond donors (Lipinski definition) is 2. The minimum absolute atomic E-state index is 0.138. The molecule has 1 aliphatic rings. The summed E-state index contributed by atoms with van der Waals surface area (Å²) in [6.45, 7) is 6.38. The molecule has 1 aromatic carbocycles. The number of carbonyl (C=O) groups is 1. The first-order valence-corrected chi connectivity index (χ1v) is 9.83. The fraction of sp³-hybridized carbons (Fsp3) is 0.588. The summed E-state index contributed by atoms with van der Waals surface area (Å²) in [4.78, 5) is 14.1. The first kappa shape index (κ1) is 18.9. The van der Waals surface area contributed by atoms with E-state index in [1.807, 2.05) is 6.92 Å². The van der Waals surface area contributed by atoms with Gasteiger partial charge in [0.05, 0.1) is 4.90 Å². The van der Waals surface area contributed by atoms with E-state index >= 15 is 0 Å². The number of rotatable bonds is 6. The number of sulfonamides is 1. The number of nitrogens with zero attached hydrogens (tertiary/aromatic N) is 1. The van der Waals surface area contributed by atoms with Crippen LogP contribution in [0.5, 0.6) is 0 Å². The third kappa shape index (κ3) is 4.55. The number of amides is 1. The van der Waals surface area contributed by atoms with Crippen molar-refractivity contribution in [2.24, 2.45) is 5.73 Å². The van der Waals surface area contributed by atoms with Crippen molar-refractivity contribution in [2.45, 2.75) is 63.1 Å². The van der Waals surface area contributed by atoms with E-state index < -0.39 is 22.0 Å². The van der Waals surface area contributed by atoms with Gasteiger partial charge in [-0.2, -0.15) is 4.72 Å². The van der Waals surface area contributed by atoms with Gasteiger partial charge in [-0.15, -0.1) is 0 Å². The Morgan fingerprint density at radius 3 is 2.29 bits per heavy atom. The summed E-state index contributed by atoms with van der Waals surface area (Å²) in [5.41, 5.74) is 6.43. The predicted octanol–water partition coefficient (Wildman–Crippen LogP) is 1.39. The third-order valence-corrected chi connectivity index (χ3v) is 6.23. The average molecular weight is 353 g/mol. The number of carbonyl (C=O) groups excluding carboxylic acids is 1. The lowest BCUT2D eigenvalue weighted by atomic mass is 9.97. The van der Waals surface area contributed by atoms with Crippen molar-refractivity contribution >= 4 is 15.9 Å². The summed E-state index contributed by atoms with van der Waals surface area (Å²) in [6, 6.07) is 6.17. The van der Waals surface area contributed by atoms with Crippen molar-refractivity contribution in [1.29, 1.82) is 0 Å². The first-order valence-electron chi connectivity index (χ1n) is 8.35. The van der Waals surface area contributed by atoms with Gasteiger partial charge >= 0.3 is 0 Å². The monoisotopic (exact) mass is 353 g/mol. The summed E-state index contributed by atoms with van der Waals surface area (Å²) in [5, 5.41) is 0. The maximum absolute atomic E-state index is 12.5. The Morgan fingerprint density at radius 2 is 1.79 bits per heavy atom. The standard InChI is InChI=1S/C17H27N3O3S/c1-12-7-9-15(10-8-12)24(22,23)19-16(17(18)21)11-20-13(2)5-4-6-14(20)3/h7-10,13-14,16,19H,4-6,11H2,1-3H3,(H2,18,21)/t13-,14+,16-/m1/s1. The van der Waals surface area contributed by atoms with E-state index in [-0.39, 0.29) is 4.90 Å². The van der Waals surface area contributed by atoms with Crippen LogP contribution in [0.2, 0.25) is 0 Å². The van der Waals surface area contributed by atoms with Gasteiger partial charge in [-0.25, -0.2) is 8.42 Å². The van der Waals surface area contributed by atoms with Gasteiger partial charge in [0.2, 0.25) is 15.9 Å². The van der Waals surface area contributed by atoms with E-state index in [9.17, 15) is 13.2 Å². The number of nitrogens with one attached hydrogen (secondary N) is 1. The SMILES string of the molecule is Cc1ccc(S(=O)(=O)N[C@H](CN2[C@H](C)CCC[C@@H]2C)C(N)=O)cc1. The Hall–Kier alpha value is -1.44. The van der Waals surface area contributed by atoms with Gasteiger partial charge in [-0.1, -0.05) is 24.1 Å². The zero-order valence-electron chi connectivity index (χ0n) is 14.5. The van der Waals surface area contributed by atoms with Crippen molar-refractivity contribution < 1.29 is 13.2 Å². The molecule has 0 unspecified atom stereocenters. The van der Waals surface area contributed by atoms with Gasteiger partial charge in [0.1, 0.15) is 6.04 Å². The number of benzene rings is 1. The molecule has 7 heteroatoms. The molecule has 3 atom stereocenters. The second-order valence-corrected chi connectivity index (χ2v) is 8.43. The van der Waals surface area contributed by atoms with E-state index in [0.29, 0.717) is 18.6 Å². The van der Waals surface area contributed by atoms with Crippen molar-refractivity contribution in [3.8, 4) is 0 Å². The van der Waals surface area contributed by atoms with Crippen LogP contribution in [0.4, 0.5) is 0 Å². The Bertz CT molecular complexity index is 663. The molecular weight excluding hydrogens is 326 g/mol. The predicted molar refractivity (Wildman–Crippen MR) is 94.0 cm³/mol. The Balaban J connectivity index is 2.16. The van der Waals surface area contributed by atoms with Gasteiger partial charge in [-0.05, 0) is 45.7 Å². The van der Waals surface area contributed by atoms with E-state index in [2.05, 4.69) is 23.5 Å². The van der Waals surface area contributed by atoms with Crippen LogP contribution in [0.25, 0.3) is 0 Å². The molecule has 1 aromatic rings. The lowest BCUT2D eigenvalue weighted by Gasteiger charge is -2.40. The Kier molecular flexibility index (Phi) is 6.01. The first-order chi connectivity index (χ1) is 11.2. The van der Waals surface area contributed by atoms with Gasteiger partial charge in [0.25, 0.3) is 0 Å². The van der Waals surface area contributed by atoms with Crippen molar-refractivity contribution in [3.05, 3.63) is 29.8 Å². The molecule has 3 N–H and O–H groups in total. The third-order valence-electron chi connectivity index (χ3n) is 4.74. The molecule has 0 spiro atoms. The number of aryl methyl sites for hydroxylation is 1. The van der Waals surface area contributed by atoms with Crippen LogP contribution in [0, 0.1) is 6.92 Å². The molecule has 1 amide bonds. The van der Waals surface area contributed by atoms with Gasteiger partial charge < -0.3 is 5.73 Å². The number of hydrogen-bond acceptors (Lipinski definition) is 4. The van der Waals surface area contributed by atoms with Gasteiger partial charge in [0.15, 0.2) is 0 Å². The maximum atomic E-state index is 12.5. The van der Waals surface area contributed by atoms with Crippen LogP contribution in [-0.2, 0) is 14.8 Å². The molecule has 1 aliphatic heterocycles. The maximum Gasteiger partial charge on any atom is 0.241 e. The summed E-state index contributed by atoms with van der Waals surface area (Å²) in [6.07, 6.45) is 3.23. The molecule has 2 rings (SSSR count). The highest BCUT2D eigenvalue weighted by atomic mass is 32.2. The summed E-state index contributed by atoms with van der Waals surface area (Å²) < 4.78 is 27.5. The molecule has 0 saturated carbocycles. The van der Waals surface area contributed by atoms with E-state index in [1.54, 1.807) is 12.1 Å². The molecular formula is C17H27N3O3S. The molecule has 134 valence electrons. The van der Waals surface area contributed by atoms with Crippen LogP contribution < -0.4 is 10.5 Å². The highest BCUT2D eigenvalue weighted by molar-refractivity contribution is 7.89. The smallest absolute Gasteiger partial charge is 0.241 e. The van der Waals surface area contributed by atoms with Gasteiger partial charge in [-0.3, -0.25) is 9.69 Å². The van der Waals surface area contributed by atoms with E-state index in [1.165, 1.54) is 12.1 Å². The topological polar surface area (TPSA) is 92.5 Å². The quantitative estimate of drug-likeness (QED) is 0.808. The molecule has 0 aliphatic carbocycles. The molecule has 0 radical (unpaired) electrons. The highest BCUT2D eigenvalue weighted by Crippen LogP contribution is 2.22. The summed E-state index contributed by atoms with van der Waals surface area (Å²) in [5.74, 6) is -0.657. The number of likely N-dealkylation sites (tertiary alicyclic amines) is 1. The van der Waals surface area contributed by atoms with Crippen LogP contribution in [0.15, 0.2) is 29.2 Å².